The van der Waals surface area contributed by atoms with Gasteiger partial charge in [-0.15, -0.1) is 0 Å². The molecule has 2 heteroatoms. The average Bonchev–Trinajstić information content (AvgIpc) is 2.48. The van der Waals surface area contributed by atoms with Gasteiger partial charge in [0.25, 0.3) is 0 Å². The number of benzene rings is 2. The summed E-state index contributed by atoms with van der Waals surface area (Å²) >= 11 is 0. The molecule has 0 saturated heterocycles. The van der Waals surface area contributed by atoms with Crippen LogP contribution in [0.2, 0.25) is 0 Å². The number of hydrogen-bond acceptors (Lipinski definition) is 2. The van der Waals surface area contributed by atoms with E-state index >= 15 is 0 Å². The minimum Gasteiger partial charge on any atom is -0.392 e. The second-order valence-electron chi connectivity index (χ2n) is 5.32. The van der Waals surface area contributed by atoms with E-state index in [1.54, 1.807) is 0 Å². The molecule has 0 spiro atoms. The highest BCUT2D eigenvalue weighted by molar-refractivity contribution is 5.35. The van der Waals surface area contributed by atoms with Crippen molar-refractivity contribution in [2.24, 2.45) is 0 Å². The number of aryl methyl sites for hydroxylation is 1. The standard InChI is InChI=1S/C18H23NO/c1-13-7-6-10-18(14(13)2)15(3)19-11-16-8-4-5-9-17(16)12-20/h4-10,15,19-20H,11-12H2,1-3H3. The highest BCUT2D eigenvalue weighted by Crippen LogP contribution is 2.20. The molecule has 0 aliphatic carbocycles. The molecule has 2 aromatic carbocycles. The zero-order valence-electron chi connectivity index (χ0n) is 12.5. The van der Waals surface area contributed by atoms with Crippen LogP contribution < -0.4 is 5.32 Å². The summed E-state index contributed by atoms with van der Waals surface area (Å²) in [5, 5.41) is 12.9. The van der Waals surface area contributed by atoms with Crippen LogP contribution in [-0.2, 0) is 13.2 Å². The molecule has 0 aromatic heterocycles. The molecule has 1 atom stereocenters. The smallest absolute Gasteiger partial charge is 0.0685 e. The molecule has 1 unspecified atom stereocenters. The van der Waals surface area contributed by atoms with Crippen LogP contribution in [0.25, 0.3) is 0 Å². The van der Waals surface area contributed by atoms with E-state index in [2.05, 4.69) is 50.4 Å². The van der Waals surface area contributed by atoms with Crippen LogP contribution in [0.5, 0.6) is 0 Å². The Labute approximate surface area is 121 Å². The van der Waals surface area contributed by atoms with Gasteiger partial charge in [-0.1, -0.05) is 42.5 Å². The van der Waals surface area contributed by atoms with Crippen molar-refractivity contribution >= 4 is 0 Å². The minimum atomic E-state index is 0.0930. The molecule has 0 saturated carbocycles. The van der Waals surface area contributed by atoms with Crippen molar-refractivity contribution in [1.82, 2.24) is 5.32 Å². The Morgan fingerprint density at radius 2 is 1.70 bits per heavy atom. The second kappa shape index (κ2) is 6.69. The number of aliphatic hydroxyl groups is 1. The van der Waals surface area contributed by atoms with Gasteiger partial charge in [0.15, 0.2) is 0 Å². The predicted molar refractivity (Wildman–Crippen MR) is 83.5 cm³/mol. The third-order valence-electron chi connectivity index (χ3n) is 4.00. The van der Waals surface area contributed by atoms with Gasteiger partial charge in [-0.25, -0.2) is 0 Å². The number of rotatable bonds is 5. The summed E-state index contributed by atoms with van der Waals surface area (Å²) in [7, 11) is 0. The van der Waals surface area contributed by atoms with E-state index < -0.39 is 0 Å². The molecular formula is C18H23NO. The van der Waals surface area contributed by atoms with Gasteiger partial charge in [-0.05, 0) is 48.6 Å². The molecule has 0 fully saturated rings. The van der Waals surface area contributed by atoms with Crippen molar-refractivity contribution in [2.45, 2.75) is 40.0 Å². The summed E-state index contributed by atoms with van der Waals surface area (Å²) in [4.78, 5) is 0. The summed E-state index contributed by atoms with van der Waals surface area (Å²) in [6, 6.07) is 14.7. The molecule has 20 heavy (non-hydrogen) atoms. The Balaban J connectivity index is 2.09. The maximum Gasteiger partial charge on any atom is 0.0685 e. The van der Waals surface area contributed by atoms with E-state index in [9.17, 15) is 5.11 Å². The van der Waals surface area contributed by atoms with Gasteiger partial charge >= 0.3 is 0 Å². The molecule has 106 valence electrons. The molecule has 0 aliphatic heterocycles. The van der Waals surface area contributed by atoms with Gasteiger partial charge in [0, 0.05) is 12.6 Å². The first-order valence-electron chi connectivity index (χ1n) is 7.10. The zero-order valence-corrected chi connectivity index (χ0v) is 12.5. The highest BCUT2D eigenvalue weighted by Gasteiger charge is 2.09. The van der Waals surface area contributed by atoms with Crippen LogP contribution in [0.3, 0.4) is 0 Å². The van der Waals surface area contributed by atoms with Gasteiger partial charge in [0.1, 0.15) is 0 Å². The van der Waals surface area contributed by atoms with Crippen molar-refractivity contribution in [3.8, 4) is 0 Å². The Kier molecular flexibility index (Phi) is 4.94. The Morgan fingerprint density at radius 1 is 1.00 bits per heavy atom. The van der Waals surface area contributed by atoms with E-state index in [1.807, 2.05) is 18.2 Å². The third-order valence-corrected chi connectivity index (χ3v) is 4.00. The first-order chi connectivity index (χ1) is 9.63. The van der Waals surface area contributed by atoms with Crippen LogP contribution in [0.4, 0.5) is 0 Å². The van der Waals surface area contributed by atoms with Crippen molar-refractivity contribution < 1.29 is 5.11 Å². The molecule has 2 rings (SSSR count). The molecule has 0 radical (unpaired) electrons. The predicted octanol–water partition coefficient (Wildman–Crippen LogP) is 3.65. The molecule has 0 aliphatic rings. The average molecular weight is 269 g/mol. The first kappa shape index (κ1) is 14.8. The van der Waals surface area contributed by atoms with Gasteiger partial charge in [-0.3, -0.25) is 0 Å². The Hall–Kier alpha value is -1.64. The second-order valence-corrected chi connectivity index (χ2v) is 5.32. The van der Waals surface area contributed by atoms with E-state index in [0.717, 1.165) is 17.7 Å². The largest absolute Gasteiger partial charge is 0.392 e. The summed E-state index contributed by atoms with van der Waals surface area (Å²) in [5.74, 6) is 0. The van der Waals surface area contributed by atoms with Gasteiger partial charge < -0.3 is 10.4 Å². The number of aliphatic hydroxyl groups excluding tert-OH is 1. The third kappa shape index (κ3) is 3.27. The maximum atomic E-state index is 9.35. The summed E-state index contributed by atoms with van der Waals surface area (Å²) in [6.45, 7) is 7.36. The molecule has 2 aromatic rings. The van der Waals surface area contributed by atoms with E-state index in [1.165, 1.54) is 16.7 Å². The number of nitrogens with one attached hydrogen (secondary N) is 1. The maximum absolute atomic E-state index is 9.35. The Morgan fingerprint density at radius 3 is 2.40 bits per heavy atom. The van der Waals surface area contributed by atoms with Gasteiger partial charge in [-0.2, -0.15) is 0 Å². The SMILES string of the molecule is Cc1cccc(C(C)NCc2ccccc2CO)c1C. The van der Waals surface area contributed by atoms with Crippen molar-refractivity contribution in [3.63, 3.8) is 0 Å². The molecule has 0 heterocycles. The summed E-state index contributed by atoms with van der Waals surface area (Å²) < 4.78 is 0. The van der Waals surface area contributed by atoms with Crippen molar-refractivity contribution in [3.05, 3.63) is 70.3 Å². The van der Waals surface area contributed by atoms with Crippen LogP contribution in [0, 0.1) is 13.8 Å². The normalized spacial score (nSPS) is 12.4. The first-order valence-corrected chi connectivity index (χ1v) is 7.10. The van der Waals surface area contributed by atoms with Crippen molar-refractivity contribution in [1.29, 1.82) is 0 Å². The van der Waals surface area contributed by atoms with Gasteiger partial charge in [0.2, 0.25) is 0 Å². The van der Waals surface area contributed by atoms with E-state index in [0.29, 0.717) is 6.04 Å². The summed E-state index contributed by atoms with van der Waals surface area (Å²) in [6.07, 6.45) is 0. The number of hydrogen-bond donors (Lipinski definition) is 2. The lowest BCUT2D eigenvalue weighted by Gasteiger charge is -2.19. The van der Waals surface area contributed by atoms with Gasteiger partial charge in [0.05, 0.1) is 6.61 Å². The fourth-order valence-corrected chi connectivity index (χ4v) is 2.50. The molecule has 0 bridgehead atoms. The van der Waals surface area contributed by atoms with Crippen molar-refractivity contribution in [2.75, 3.05) is 0 Å². The molecule has 0 amide bonds. The monoisotopic (exact) mass is 269 g/mol. The zero-order chi connectivity index (χ0) is 14.5. The topological polar surface area (TPSA) is 32.3 Å². The quantitative estimate of drug-likeness (QED) is 0.868. The van der Waals surface area contributed by atoms with E-state index in [-0.39, 0.29) is 6.61 Å². The highest BCUT2D eigenvalue weighted by atomic mass is 16.3. The van der Waals surface area contributed by atoms with Crippen LogP contribution in [0.1, 0.15) is 40.8 Å². The van der Waals surface area contributed by atoms with Crippen LogP contribution >= 0.6 is 0 Å². The lowest BCUT2D eigenvalue weighted by Crippen LogP contribution is -2.20. The molecular weight excluding hydrogens is 246 g/mol. The Bertz CT molecular complexity index is 577. The minimum absolute atomic E-state index is 0.0930. The lowest BCUT2D eigenvalue weighted by atomic mass is 9.98. The summed E-state index contributed by atoms with van der Waals surface area (Å²) in [5.41, 5.74) is 6.17. The molecule has 2 nitrogen and oxygen atoms in total. The lowest BCUT2D eigenvalue weighted by molar-refractivity contribution is 0.280. The van der Waals surface area contributed by atoms with Crippen LogP contribution in [-0.4, -0.2) is 5.11 Å². The molecule has 2 N–H and O–H groups in total. The fraction of sp³-hybridized carbons (Fsp3) is 0.333. The van der Waals surface area contributed by atoms with E-state index in [4.69, 9.17) is 0 Å². The fourth-order valence-electron chi connectivity index (χ4n) is 2.50. The van der Waals surface area contributed by atoms with Crippen LogP contribution in [0.15, 0.2) is 42.5 Å².